The van der Waals surface area contributed by atoms with E-state index in [1.54, 1.807) is 12.4 Å². The van der Waals surface area contributed by atoms with Gasteiger partial charge in [-0.2, -0.15) is 0 Å². The van der Waals surface area contributed by atoms with Crippen molar-refractivity contribution in [1.82, 2.24) is 4.98 Å². The molecule has 74 valence electrons. The molecule has 0 amide bonds. The molecular formula is C12H15NS. The number of aryl methyl sites for hydroxylation is 2. The highest BCUT2D eigenvalue weighted by atomic mass is 32.1. The number of aromatic nitrogens is 1. The fraction of sp³-hybridized carbons (Fsp3) is 0.250. The molecule has 0 unspecified atom stereocenters. The molecule has 14 heavy (non-hydrogen) atoms. The zero-order valence-electron chi connectivity index (χ0n) is 8.60. The van der Waals surface area contributed by atoms with Gasteiger partial charge < -0.3 is 0 Å². The summed E-state index contributed by atoms with van der Waals surface area (Å²) in [4.78, 5) is 6.69. The van der Waals surface area contributed by atoms with Gasteiger partial charge in [0.15, 0.2) is 0 Å². The van der Waals surface area contributed by atoms with E-state index in [-0.39, 0.29) is 0 Å². The lowest BCUT2D eigenvalue weighted by molar-refractivity contribution is 1.19. The van der Waals surface area contributed by atoms with Crippen LogP contribution < -0.4 is 0 Å². The molecular weight excluding hydrogens is 190 g/mol. The van der Waals surface area contributed by atoms with Crippen molar-refractivity contribution >= 4 is 11.3 Å². The van der Waals surface area contributed by atoms with E-state index in [1.807, 2.05) is 29.5 Å². The first-order valence-corrected chi connectivity index (χ1v) is 5.55. The first kappa shape index (κ1) is 10.9. The van der Waals surface area contributed by atoms with Crippen LogP contribution in [0.1, 0.15) is 16.7 Å². The van der Waals surface area contributed by atoms with Crippen molar-refractivity contribution in [3.05, 3.63) is 52.5 Å². The van der Waals surface area contributed by atoms with Gasteiger partial charge in [-0.3, -0.25) is 4.98 Å². The maximum Gasteiger partial charge on any atom is 0.0267 e. The Morgan fingerprint density at radius 2 is 1.86 bits per heavy atom. The van der Waals surface area contributed by atoms with Crippen LogP contribution in [-0.2, 0) is 6.42 Å². The van der Waals surface area contributed by atoms with Gasteiger partial charge in [-0.1, -0.05) is 13.0 Å². The van der Waals surface area contributed by atoms with E-state index < -0.39 is 0 Å². The summed E-state index contributed by atoms with van der Waals surface area (Å²) >= 11 is 1.89. The second-order valence-corrected chi connectivity index (χ2v) is 4.26. The molecule has 2 heteroatoms. The lowest BCUT2D eigenvalue weighted by atomic mass is 10.4. The molecule has 0 aromatic carbocycles. The Hall–Kier alpha value is -1.15. The summed E-state index contributed by atoms with van der Waals surface area (Å²) in [6, 6.07) is 10.1. The zero-order valence-corrected chi connectivity index (χ0v) is 9.42. The summed E-state index contributed by atoms with van der Waals surface area (Å²) in [6.45, 7) is 4.33. The fourth-order valence-electron chi connectivity index (χ4n) is 0.988. The van der Waals surface area contributed by atoms with Crippen molar-refractivity contribution in [1.29, 1.82) is 0 Å². The van der Waals surface area contributed by atoms with Crippen LogP contribution in [0.2, 0.25) is 0 Å². The quantitative estimate of drug-likeness (QED) is 0.691. The predicted octanol–water partition coefficient (Wildman–Crippen LogP) is 3.70. The van der Waals surface area contributed by atoms with Gasteiger partial charge in [0.2, 0.25) is 0 Å². The summed E-state index contributed by atoms with van der Waals surface area (Å²) < 4.78 is 0. The average Bonchev–Trinajstić information content (AvgIpc) is 2.68. The molecule has 2 aromatic heterocycles. The third-order valence-electron chi connectivity index (χ3n) is 1.71. The molecule has 0 bridgehead atoms. The van der Waals surface area contributed by atoms with Gasteiger partial charge in [0, 0.05) is 22.1 Å². The molecule has 0 saturated carbocycles. The van der Waals surface area contributed by atoms with Crippen LogP contribution in [0.3, 0.4) is 0 Å². The van der Waals surface area contributed by atoms with E-state index in [0.29, 0.717) is 0 Å². The Bertz CT molecular complexity index is 314. The maximum atomic E-state index is 3.78. The predicted molar refractivity (Wildman–Crippen MR) is 62.7 cm³/mol. The topological polar surface area (TPSA) is 12.9 Å². The van der Waals surface area contributed by atoms with Gasteiger partial charge in [0.25, 0.3) is 0 Å². The Morgan fingerprint density at radius 1 is 1.14 bits per heavy atom. The van der Waals surface area contributed by atoms with E-state index in [4.69, 9.17) is 0 Å². The van der Waals surface area contributed by atoms with Crippen LogP contribution >= 0.6 is 11.3 Å². The maximum absolute atomic E-state index is 3.78. The summed E-state index contributed by atoms with van der Waals surface area (Å²) in [5, 5.41) is 0. The standard InChI is InChI=1S/C7H10S.C5H5N/c1-3-7-5-4-6(2)8-7;1-2-4-6-5-3-1/h4-5H,3H2,1-2H3;1-5H. The molecule has 2 rings (SSSR count). The number of pyridine rings is 1. The number of nitrogens with zero attached hydrogens (tertiary/aromatic N) is 1. The van der Waals surface area contributed by atoms with Gasteiger partial charge in [0.05, 0.1) is 0 Å². The Kier molecular flexibility index (Phi) is 4.94. The molecule has 0 fully saturated rings. The molecule has 0 aliphatic rings. The van der Waals surface area contributed by atoms with Crippen molar-refractivity contribution in [2.75, 3.05) is 0 Å². The summed E-state index contributed by atoms with van der Waals surface area (Å²) in [7, 11) is 0. The van der Waals surface area contributed by atoms with Crippen LogP contribution in [0.4, 0.5) is 0 Å². The lowest BCUT2D eigenvalue weighted by Gasteiger charge is -1.80. The number of rotatable bonds is 1. The highest BCUT2D eigenvalue weighted by molar-refractivity contribution is 7.11. The van der Waals surface area contributed by atoms with Crippen molar-refractivity contribution < 1.29 is 0 Å². The number of thiophene rings is 1. The molecule has 0 atom stereocenters. The van der Waals surface area contributed by atoms with Gasteiger partial charge in [-0.15, -0.1) is 11.3 Å². The summed E-state index contributed by atoms with van der Waals surface area (Å²) in [6.07, 6.45) is 4.68. The van der Waals surface area contributed by atoms with E-state index in [1.165, 1.54) is 16.2 Å². The molecule has 0 N–H and O–H groups in total. The average molecular weight is 205 g/mol. The molecule has 2 aromatic rings. The van der Waals surface area contributed by atoms with Gasteiger partial charge >= 0.3 is 0 Å². The Labute approximate surface area is 89.4 Å². The smallest absolute Gasteiger partial charge is 0.0267 e. The zero-order chi connectivity index (χ0) is 10.2. The number of hydrogen-bond donors (Lipinski definition) is 0. The molecule has 2 heterocycles. The Balaban J connectivity index is 0.000000146. The third kappa shape index (κ3) is 4.19. The fourth-order valence-corrected chi connectivity index (χ4v) is 1.82. The highest BCUT2D eigenvalue weighted by Gasteiger charge is 1.89. The minimum Gasteiger partial charge on any atom is -0.265 e. The Morgan fingerprint density at radius 3 is 2.07 bits per heavy atom. The normalized spacial score (nSPS) is 9.00. The van der Waals surface area contributed by atoms with E-state index in [9.17, 15) is 0 Å². The first-order chi connectivity index (χ1) is 6.83. The van der Waals surface area contributed by atoms with E-state index >= 15 is 0 Å². The highest BCUT2D eigenvalue weighted by Crippen LogP contribution is 2.14. The van der Waals surface area contributed by atoms with Crippen LogP contribution in [0.15, 0.2) is 42.7 Å². The van der Waals surface area contributed by atoms with E-state index in [2.05, 4.69) is 31.0 Å². The largest absolute Gasteiger partial charge is 0.265 e. The molecule has 0 saturated heterocycles. The van der Waals surface area contributed by atoms with Crippen molar-refractivity contribution in [3.63, 3.8) is 0 Å². The van der Waals surface area contributed by atoms with E-state index in [0.717, 1.165) is 0 Å². The minimum absolute atomic E-state index is 1.18. The number of hydrogen-bond acceptors (Lipinski definition) is 2. The first-order valence-electron chi connectivity index (χ1n) is 4.73. The molecule has 1 nitrogen and oxygen atoms in total. The van der Waals surface area contributed by atoms with Gasteiger partial charge in [0.1, 0.15) is 0 Å². The van der Waals surface area contributed by atoms with Crippen molar-refractivity contribution in [2.45, 2.75) is 20.3 Å². The summed E-state index contributed by atoms with van der Waals surface area (Å²) in [5.74, 6) is 0. The summed E-state index contributed by atoms with van der Waals surface area (Å²) in [5.41, 5.74) is 0. The van der Waals surface area contributed by atoms with Crippen molar-refractivity contribution in [2.24, 2.45) is 0 Å². The van der Waals surface area contributed by atoms with Gasteiger partial charge in [-0.25, -0.2) is 0 Å². The molecule has 0 aliphatic heterocycles. The van der Waals surface area contributed by atoms with Crippen LogP contribution in [0.25, 0.3) is 0 Å². The lowest BCUT2D eigenvalue weighted by Crippen LogP contribution is -1.63. The second kappa shape index (κ2) is 6.33. The van der Waals surface area contributed by atoms with Crippen LogP contribution in [0, 0.1) is 6.92 Å². The third-order valence-corrected chi connectivity index (χ3v) is 2.86. The molecule has 0 radical (unpaired) electrons. The second-order valence-electron chi connectivity index (χ2n) is 2.89. The van der Waals surface area contributed by atoms with Crippen molar-refractivity contribution in [3.8, 4) is 0 Å². The SMILES string of the molecule is CCc1ccc(C)s1.c1ccncc1. The van der Waals surface area contributed by atoms with Crippen LogP contribution in [0.5, 0.6) is 0 Å². The molecule has 0 aliphatic carbocycles. The molecule has 0 spiro atoms. The monoisotopic (exact) mass is 205 g/mol. The minimum atomic E-state index is 1.18. The van der Waals surface area contributed by atoms with Crippen LogP contribution in [-0.4, -0.2) is 4.98 Å². The van der Waals surface area contributed by atoms with Gasteiger partial charge in [-0.05, 0) is 37.6 Å².